The average molecular weight is 347 g/mol. The van der Waals surface area contributed by atoms with Crippen LogP contribution in [0.15, 0.2) is 60.7 Å². The first kappa shape index (κ1) is 15.6. The number of benzene rings is 2. The molecule has 0 atom stereocenters. The van der Waals surface area contributed by atoms with Crippen LogP contribution in [0.1, 0.15) is 11.8 Å². The molecule has 0 bridgehead atoms. The van der Waals surface area contributed by atoms with Crippen molar-refractivity contribution in [1.29, 1.82) is 0 Å². The monoisotopic (exact) mass is 347 g/mol. The number of hydrogen-bond donors (Lipinski definition) is 2. The quantitative estimate of drug-likeness (QED) is 0.487. The minimum Gasteiger partial charge on any atom is -0.506 e. The van der Waals surface area contributed by atoms with E-state index in [1.54, 1.807) is 23.5 Å². The number of anilines is 2. The highest BCUT2D eigenvalue weighted by atomic mass is 32.1. The topological polar surface area (TPSA) is 58.0 Å². The fourth-order valence-electron chi connectivity index (χ4n) is 2.66. The molecule has 2 N–H and O–H groups in total. The van der Waals surface area contributed by atoms with Crippen molar-refractivity contribution < 1.29 is 5.11 Å². The van der Waals surface area contributed by atoms with Crippen LogP contribution in [0.5, 0.6) is 5.75 Å². The Labute approximate surface area is 149 Å². The maximum Gasteiger partial charge on any atom is 0.163 e. The second-order valence-electron chi connectivity index (χ2n) is 5.69. The molecule has 0 radical (unpaired) electrons. The van der Waals surface area contributed by atoms with Crippen LogP contribution in [-0.4, -0.2) is 15.1 Å². The van der Waals surface area contributed by atoms with Gasteiger partial charge in [0.15, 0.2) is 5.82 Å². The van der Waals surface area contributed by atoms with Crippen LogP contribution < -0.4 is 5.32 Å². The lowest BCUT2D eigenvalue weighted by Gasteiger charge is -2.10. The first-order chi connectivity index (χ1) is 12.2. The Hall–Kier alpha value is -2.92. The summed E-state index contributed by atoms with van der Waals surface area (Å²) in [6, 6.07) is 19.2. The van der Waals surface area contributed by atoms with Crippen LogP contribution in [0, 0.1) is 0 Å². The number of nitrogens with one attached hydrogen (secondary N) is 1. The van der Waals surface area contributed by atoms with E-state index in [-0.39, 0.29) is 5.75 Å². The van der Waals surface area contributed by atoms with Gasteiger partial charge in [-0.05, 0) is 24.6 Å². The Balaban J connectivity index is 1.88. The Bertz CT molecular complexity index is 1030. The predicted molar refractivity (Wildman–Crippen MR) is 104 cm³/mol. The molecule has 0 fully saturated rings. The number of rotatable bonds is 4. The first-order valence-corrected chi connectivity index (χ1v) is 8.97. The van der Waals surface area contributed by atoms with Crippen LogP contribution in [0.4, 0.5) is 11.5 Å². The van der Waals surface area contributed by atoms with Crippen LogP contribution in [0.3, 0.4) is 0 Å². The normalized spacial score (nSPS) is 10.9. The third-order valence-electron chi connectivity index (χ3n) is 3.98. The van der Waals surface area contributed by atoms with Crippen molar-refractivity contribution >= 4 is 33.1 Å². The van der Waals surface area contributed by atoms with Crippen LogP contribution >= 0.6 is 11.3 Å². The van der Waals surface area contributed by atoms with Crippen molar-refractivity contribution in [3.63, 3.8) is 0 Å². The number of fused-ring (bicyclic) bond motifs is 1. The lowest BCUT2D eigenvalue weighted by atomic mass is 10.2. The van der Waals surface area contributed by atoms with E-state index in [0.29, 0.717) is 17.3 Å². The predicted octanol–water partition coefficient (Wildman–Crippen LogP) is 5.37. The molecule has 0 amide bonds. The SMILES string of the molecule is CCc1cc2c(Nc3ccccc3O)nc(-c3ccccc3)nc2s1. The lowest BCUT2D eigenvalue weighted by molar-refractivity contribution is 0.478. The number of phenols is 1. The number of hydrogen-bond acceptors (Lipinski definition) is 5. The van der Waals surface area contributed by atoms with Gasteiger partial charge in [-0.15, -0.1) is 11.3 Å². The number of aromatic hydroxyl groups is 1. The highest BCUT2D eigenvalue weighted by Gasteiger charge is 2.13. The minimum atomic E-state index is 0.196. The summed E-state index contributed by atoms with van der Waals surface area (Å²) < 4.78 is 0. The van der Waals surface area contributed by atoms with E-state index in [1.807, 2.05) is 42.5 Å². The molecule has 0 unspecified atom stereocenters. The maximum absolute atomic E-state index is 10.1. The number of phenolic OH excluding ortho intramolecular Hbond substituents is 1. The molecule has 0 spiro atoms. The van der Waals surface area contributed by atoms with Crippen LogP contribution in [0.2, 0.25) is 0 Å². The molecular weight excluding hydrogens is 330 g/mol. The van der Waals surface area contributed by atoms with Crippen molar-refractivity contribution in [2.24, 2.45) is 0 Å². The second-order valence-corrected chi connectivity index (χ2v) is 6.80. The summed E-state index contributed by atoms with van der Waals surface area (Å²) >= 11 is 1.68. The largest absolute Gasteiger partial charge is 0.506 e. The van der Waals surface area contributed by atoms with Crippen LogP contribution in [0.25, 0.3) is 21.6 Å². The standard InChI is InChI=1S/C20H17N3OS/c1-2-14-12-15-19(21-16-10-6-7-11-17(16)24)22-18(23-20(15)25-14)13-8-4-3-5-9-13/h3-12,24H,2H2,1H3,(H,21,22,23). The zero-order valence-corrected chi connectivity index (χ0v) is 14.5. The summed E-state index contributed by atoms with van der Waals surface area (Å²) in [5.41, 5.74) is 1.60. The molecule has 0 aliphatic rings. The van der Waals surface area contributed by atoms with Gasteiger partial charge in [0, 0.05) is 10.4 Å². The highest BCUT2D eigenvalue weighted by molar-refractivity contribution is 7.18. The summed E-state index contributed by atoms with van der Waals surface area (Å²) in [5.74, 6) is 1.58. The molecule has 124 valence electrons. The van der Waals surface area contributed by atoms with Gasteiger partial charge in [-0.25, -0.2) is 9.97 Å². The van der Waals surface area contributed by atoms with Crippen molar-refractivity contribution in [2.75, 3.05) is 5.32 Å². The third-order valence-corrected chi connectivity index (χ3v) is 5.15. The fraction of sp³-hybridized carbons (Fsp3) is 0.100. The number of aromatic nitrogens is 2. The minimum absolute atomic E-state index is 0.196. The van der Waals surface area contributed by atoms with Crippen molar-refractivity contribution in [3.8, 4) is 17.1 Å². The fourth-order valence-corrected chi connectivity index (χ4v) is 3.63. The molecule has 0 aliphatic heterocycles. The molecule has 2 aromatic heterocycles. The van der Waals surface area contributed by atoms with E-state index in [4.69, 9.17) is 9.97 Å². The van der Waals surface area contributed by atoms with Gasteiger partial charge in [-0.2, -0.15) is 0 Å². The number of nitrogens with zero attached hydrogens (tertiary/aromatic N) is 2. The average Bonchev–Trinajstić information content (AvgIpc) is 3.08. The van der Waals surface area contributed by atoms with E-state index in [9.17, 15) is 5.11 Å². The summed E-state index contributed by atoms with van der Waals surface area (Å²) in [6.45, 7) is 2.13. The van der Waals surface area contributed by atoms with Gasteiger partial charge in [-0.1, -0.05) is 49.4 Å². The Morgan fingerprint density at radius 2 is 1.76 bits per heavy atom. The van der Waals surface area contributed by atoms with E-state index in [1.165, 1.54) is 4.88 Å². The molecular formula is C20H17N3OS. The Morgan fingerprint density at radius 1 is 1.00 bits per heavy atom. The van der Waals surface area contributed by atoms with Gasteiger partial charge in [0.05, 0.1) is 11.1 Å². The van der Waals surface area contributed by atoms with Gasteiger partial charge in [0.1, 0.15) is 16.4 Å². The van der Waals surface area contributed by atoms with E-state index >= 15 is 0 Å². The molecule has 4 nitrogen and oxygen atoms in total. The second kappa shape index (κ2) is 6.53. The zero-order chi connectivity index (χ0) is 17.2. The number of thiophene rings is 1. The Morgan fingerprint density at radius 3 is 2.52 bits per heavy atom. The van der Waals surface area contributed by atoms with Crippen molar-refractivity contribution in [2.45, 2.75) is 13.3 Å². The van der Waals surface area contributed by atoms with E-state index < -0.39 is 0 Å². The summed E-state index contributed by atoms with van der Waals surface area (Å²) in [7, 11) is 0. The van der Waals surface area contributed by atoms with Gasteiger partial charge < -0.3 is 10.4 Å². The molecule has 2 aromatic carbocycles. The van der Waals surface area contributed by atoms with Gasteiger partial charge in [0.25, 0.3) is 0 Å². The Kier molecular flexibility index (Phi) is 4.07. The highest BCUT2D eigenvalue weighted by Crippen LogP contribution is 2.34. The van der Waals surface area contributed by atoms with Crippen molar-refractivity contribution in [3.05, 3.63) is 65.5 Å². The molecule has 5 heteroatoms. The molecule has 0 saturated carbocycles. The van der Waals surface area contributed by atoms with E-state index in [2.05, 4.69) is 18.3 Å². The van der Waals surface area contributed by atoms with E-state index in [0.717, 1.165) is 22.2 Å². The molecule has 0 saturated heterocycles. The molecule has 4 rings (SSSR count). The molecule has 25 heavy (non-hydrogen) atoms. The summed E-state index contributed by atoms with van der Waals surface area (Å²) in [6.07, 6.45) is 0.956. The smallest absolute Gasteiger partial charge is 0.163 e. The number of para-hydroxylation sites is 2. The molecule has 0 aliphatic carbocycles. The molecule has 4 aromatic rings. The number of aryl methyl sites for hydroxylation is 1. The summed E-state index contributed by atoms with van der Waals surface area (Å²) in [5, 5.41) is 14.3. The van der Waals surface area contributed by atoms with Gasteiger partial charge in [0.2, 0.25) is 0 Å². The molecule has 2 heterocycles. The lowest BCUT2D eigenvalue weighted by Crippen LogP contribution is -1.98. The van der Waals surface area contributed by atoms with Gasteiger partial charge >= 0.3 is 0 Å². The third kappa shape index (κ3) is 3.06. The summed E-state index contributed by atoms with van der Waals surface area (Å²) in [4.78, 5) is 11.7. The van der Waals surface area contributed by atoms with Crippen LogP contribution in [-0.2, 0) is 6.42 Å². The van der Waals surface area contributed by atoms with Crippen molar-refractivity contribution in [1.82, 2.24) is 9.97 Å². The maximum atomic E-state index is 10.1. The zero-order valence-electron chi connectivity index (χ0n) is 13.7. The van der Waals surface area contributed by atoms with Gasteiger partial charge in [-0.3, -0.25) is 0 Å². The first-order valence-electron chi connectivity index (χ1n) is 8.15.